The molecule has 2 heterocycles. The first-order valence-corrected chi connectivity index (χ1v) is 6.86. The summed E-state index contributed by atoms with van der Waals surface area (Å²) in [4.78, 5) is 38.4. The normalized spacial score (nSPS) is 19.0. The molecule has 2 amide bonds. The molecule has 2 saturated heterocycles. The highest BCUT2D eigenvalue weighted by Gasteiger charge is 2.28. The molecule has 0 unspecified atom stereocenters. The van der Waals surface area contributed by atoms with Gasteiger partial charge in [-0.15, -0.1) is 0 Å². The summed E-state index contributed by atoms with van der Waals surface area (Å²) in [7, 11) is 0. The summed E-state index contributed by atoms with van der Waals surface area (Å²) in [6.45, 7) is 1.78. The van der Waals surface area contributed by atoms with E-state index in [1.165, 1.54) is 4.90 Å². The Hall–Kier alpha value is -2.17. The Morgan fingerprint density at radius 1 is 1.00 bits per heavy atom. The molecule has 5 heteroatoms. The molecule has 2 fully saturated rings. The average Bonchev–Trinajstić information content (AvgIpc) is 3.08. The van der Waals surface area contributed by atoms with Crippen molar-refractivity contribution in [3.63, 3.8) is 0 Å². The molecule has 0 spiro atoms. The molecule has 0 aliphatic carbocycles. The Labute approximate surface area is 117 Å². The lowest BCUT2D eigenvalue weighted by Gasteiger charge is -2.17. The van der Waals surface area contributed by atoms with Gasteiger partial charge in [-0.05, 0) is 37.1 Å². The topological polar surface area (TPSA) is 57.7 Å². The standard InChI is InChI=1S/C15H16N2O3/c18-13-9-14(19)17(10-13)12-5-3-11(4-6-12)15(20)16-7-1-2-8-16/h3-6H,1-2,7-10H2. The maximum atomic E-state index is 12.2. The zero-order chi connectivity index (χ0) is 14.1. The molecule has 1 aromatic rings. The van der Waals surface area contributed by atoms with E-state index in [1.54, 1.807) is 24.3 Å². The van der Waals surface area contributed by atoms with E-state index in [2.05, 4.69) is 0 Å². The van der Waals surface area contributed by atoms with Gasteiger partial charge in [0.15, 0.2) is 5.78 Å². The second-order valence-corrected chi connectivity index (χ2v) is 5.24. The monoisotopic (exact) mass is 272 g/mol. The summed E-state index contributed by atoms with van der Waals surface area (Å²) in [6.07, 6.45) is 2.11. The molecular formula is C15H16N2O3. The molecule has 1 aromatic carbocycles. The van der Waals surface area contributed by atoms with Crippen LogP contribution in [-0.2, 0) is 9.59 Å². The van der Waals surface area contributed by atoms with Crippen LogP contribution < -0.4 is 4.90 Å². The fourth-order valence-electron chi connectivity index (χ4n) is 2.71. The number of rotatable bonds is 2. The molecule has 0 radical (unpaired) electrons. The van der Waals surface area contributed by atoms with Gasteiger partial charge in [0.2, 0.25) is 5.91 Å². The Kier molecular flexibility index (Phi) is 3.26. The van der Waals surface area contributed by atoms with Crippen molar-refractivity contribution in [2.45, 2.75) is 19.3 Å². The summed E-state index contributed by atoms with van der Waals surface area (Å²) in [5.74, 6) is -0.196. The van der Waals surface area contributed by atoms with Crippen molar-refractivity contribution in [2.24, 2.45) is 0 Å². The zero-order valence-electron chi connectivity index (χ0n) is 11.2. The molecule has 0 saturated carbocycles. The van der Waals surface area contributed by atoms with Gasteiger partial charge in [-0.25, -0.2) is 0 Å². The van der Waals surface area contributed by atoms with Gasteiger partial charge >= 0.3 is 0 Å². The molecular weight excluding hydrogens is 256 g/mol. The minimum atomic E-state index is -0.173. The number of ketones is 1. The predicted octanol–water partition coefficient (Wildman–Crippen LogP) is 1.23. The molecule has 0 N–H and O–H groups in total. The molecule has 104 valence electrons. The summed E-state index contributed by atoms with van der Waals surface area (Å²) in [5.41, 5.74) is 1.31. The van der Waals surface area contributed by atoms with Crippen LogP contribution in [0.3, 0.4) is 0 Å². The smallest absolute Gasteiger partial charge is 0.253 e. The third-order valence-corrected chi connectivity index (χ3v) is 3.80. The SMILES string of the molecule is O=C1CC(=O)N(c2ccc(C(=O)N3CCCC3)cc2)C1. The Morgan fingerprint density at radius 3 is 2.20 bits per heavy atom. The van der Waals surface area contributed by atoms with Gasteiger partial charge in [-0.3, -0.25) is 14.4 Å². The van der Waals surface area contributed by atoms with Crippen molar-refractivity contribution in [1.29, 1.82) is 0 Å². The maximum Gasteiger partial charge on any atom is 0.253 e. The van der Waals surface area contributed by atoms with Crippen LogP contribution in [-0.4, -0.2) is 42.1 Å². The number of likely N-dealkylation sites (tertiary alicyclic amines) is 1. The number of amides is 2. The second-order valence-electron chi connectivity index (χ2n) is 5.24. The lowest BCUT2D eigenvalue weighted by molar-refractivity contribution is -0.121. The van der Waals surface area contributed by atoms with E-state index < -0.39 is 0 Å². The zero-order valence-corrected chi connectivity index (χ0v) is 11.2. The van der Waals surface area contributed by atoms with Gasteiger partial charge < -0.3 is 9.80 Å². The molecule has 2 aliphatic rings. The molecule has 0 aromatic heterocycles. The summed E-state index contributed by atoms with van der Waals surface area (Å²) in [5, 5.41) is 0. The number of carbonyl (C=O) groups excluding carboxylic acids is 3. The van der Waals surface area contributed by atoms with Gasteiger partial charge in [0.1, 0.15) is 0 Å². The number of nitrogens with zero attached hydrogens (tertiary/aromatic N) is 2. The third-order valence-electron chi connectivity index (χ3n) is 3.80. The van der Waals surface area contributed by atoms with E-state index in [1.807, 2.05) is 4.90 Å². The molecule has 5 nitrogen and oxygen atoms in total. The van der Waals surface area contributed by atoms with Crippen LogP contribution in [0, 0.1) is 0 Å². The van der Waals surface area contributed by atoms with Crippen LogP contribution in [0.2, 0.25) is 0 Å². The van der Waals surface area contributed by atoms with E-state index in [9.17, 15) is 14.4 Å². The average molecular weight is 272 g/mol. The first-order chi connectivity index (χ1) is 9.65. The Bertz CT molecular complexity index is 559. The van der Waals surface area contributed by atoms with Crippen molar-refractivity contribution in [3.8, 4) is 0 Å². The predicted molar refractivity (Wildman–Crippen MR) is 73.6 cm³/mol. The van der Waals surface area contributed by atoms with E-state index in [-0.39, 0.29) is 30.6 Å². The van der Waals surface area contributed by atoms with Crippen molar-refractivity contribution in [3.05, 3.63) is 29.8 Å². The van der Waals surface area contributed by atoms with E-state index in [4.69, 9.17) is 0 Å². The van der Waals surface area contributed by atoms with Crippen molar-refractivity contribution < 1.29 is 14.4 Å². The van der Waals surface area contributed by atoms with E-state index in [0.717, 1.165) is 25.9 Å². The molecule has 2 aliphatic heterocycles. The van der Waals surface area contributed by atoms with Crippen LogP contribution in [0.15, 0.2) is 24.3 Å². The fraction of sp³-hybridized carbons (Fsp3) is 0.400. The van der Waals surface area contributed by atoms with Crippen molar-refractivity contribution >= 4 is 23.3 Å². The minimum absolute atomic E-state index is 0.0194. The van der Waals surface area contributed by atoms with Crippen LogP contribution in [0.5, 0.6) is 0 Å². The number of hydrogen-bond donors (Lipinski definition) is 0. The highest BCUT2D eigenvalue weighted by atomic mass is 16.2. The highest BCUT2D eigenvalue weighted by molar-refractivity contribution is 6.15. The summed E-state index contributed by atoms with van der Waals surface area (Å²) >= 11 is 0. The van der Waals surface area contributed by atoms with Gasteiger partial charge in [-0.1, -0.05) is 0 Å². The van der Waals surface area contributed by atoms with Crippen LogP contribution in [0.4, 0.5) is 5.69 Å². The largest absolute Gasteiger partial charge is 0.339 e. The number of carbonyl (C=O) groups is 3. The number of anilines is 1. The van der Waals surface area contributed by atoms with Crippen molar-refractivity contribution in [1.82, 2.24) is 4.90 Å². The van der Waals surface area contributed by atoms with Gasteiger partial charge in [0.25, 0.3) is 5.91 Å². The summed E-state index contributed by atoms with van der Waals surface area (Å²) < 4.78 is 0. The highest BCUT2D eigenvalue weighted by Crippen LogP contribution is 2.21. The van der Waals surface area contributed by atoms with Gasteiger partial charge in [-0.2, -0.15) is 0 Å². The number of benzene rings is 1. The summed E-state index contributed by atoms with van der Waals surface area (Å²) in [6, 6.07) is 6.93. The van der Waals surface area contributed by atoms with Gasteiger partial charge in [0.05, 0.1) is 13.0 Å². The molecule has 20 heavy (non-hydrogen) atoms. The first-order valence-electron chi connectivity index (χ1n) is 6.86. The number of Topliss-reactive ketones (excluding diaryl/α,β-unsaturated/α-hetero) is 1. The fourth-order valence-corrected chi connectivity index (χ4v) is 2.71. The second kappa shape index (κ2) is 5.07. The van der Waals surface area contributed by atoms with Crippen molar-refractivity contribution in [2.75, 3.05) is 24.5 Å². The van der Waals surface area contributed by atoms with E-state index in [0.29, 0.717) is 11.3 Å². The van der Waals surface area contributed by atoms with Crippen LogP contribution in [0.25, 0.3) is 0 Å². The maximum absolute atomic E-state index is 12.2. The third kappa shape index (κ3) is 2.31. The molecule has 3 rings (SSSR count). The molecule has 0 atom stereocenters. The van der Waals surface area contributed by atoms with Gasteiger partial charge in [0, 0.05) is 24.3 Å². The molecule has 0 bridgehead atoms. The number of hydrogen-bond acceptors (Lipinski definition) is 3. The lowest BCUT2D eigenvalue weighted by atomic mass is 10.1. The quantitative estimate of drug-likeness (QED) is 0.761. The lowest BCUT2D eigenvalue weighted by Crippen LogP contribution is -2.28. The Balaban J connectivity index is 1.76. The first kappa shape index (κ1) is 12.8. The minimum Gasteiger partial charge on any atom is -0.339 e. The van der Waals surface area contributed by atoms with Crippen LogP contribution >= 0.6 is 0 Å². The van der Waals surface area contributed by atoms with E-state index >= 15 is 0 Å². The Morgan fingerprint density at radius 2 is 1.65 bits per heavy atom. The van der Waals surface area contributed by atoms with Crippen LogP contribution in [0.1, 0.15) is 29.6 Å².